The van der Waals surface area contributed by atoms with Crippen LogP contribution in [-0.2, 0) is 9.59 Å². The van der Waals surface area contributed by atoms with Gasteiger partial charge in [-0.25, -0.2) is 0 Å². The van der Waals surface area contributed by atoms with Gasteiger partial charge in [0.1, 0.15) is 0 Å². The summed E-state index contributed by atoms with van der Waals surface area (Å²) < 4.78 is 0. The first-order valence-electron chi connectivity index (χ1n) is 7.42. The third-order valence-electron chi connectivity index (χ3n) is 4.95. The van der Waals surface area contributed by atoms with E-state index in [1.807, 2.05) is 6.92 Å². The fourth-order valence-corrected chi connectivity index (χ4v) is 3.69. The van der Waals surface area contributed by atoms with E-state index in [-0.39, 0.29) is 17.2 Å². The maximum absolute atomic E-state index is 12.2. The molecule has 2 aliphatic carbocycles. The van der Waals surface area contributed by atoms with E-state index in [9.17, 15) is 14.7 Å². The number of amides is 1. The third-order valence-corrected chi connectivity index (χ3v) is 4.95. The summed E-state index contributed by atoms with van der Waals surface area (Å²) in [4.78, 5) is 23.4. The maximum Gasteiger partial charge on any atom is 0.307 e. The molecule has 2 fully saturated rings. The predicted octanol–water partition coefficient (Wildman–Crippen LogP) is 2.43. The van der Waals surface area contributed by atoms with E-state index in [1.54, 1.807) is 0 Å². The third kappa shape index (κ3) is 3.28. The van der Waals surface area contributed by atoms with E-state index in [0.717, 1.165) is 12.8 Å². The number of carboxylic acid groups (broad SMARTS) is 1. The topological polar surface area (TPSA) is 66.4 Å². The Morgan fingerprint density at radius 3 is 2.37 bits per heavy atom. The number of nitrogens with one attached hydrogen (secondary N) is 1. The van der Waals surface area contributed by atoms with Crippen molar-refractivity contribution >= 4 is 11.9 Å². The SMILES string of the molecule is CC1C[C@H](C(=O)NCC2(C)CCCC2)[C@H](C(=O)O)C1. The van der Waals surface area contributed by atoms with Crippen LogP contribution in [0.5, 0.6) is 0 Å². The van der Waals surface area contributed by atoms with Gasteiger partial charge in [-0.3, -0.25) is 9.59 Å². The molecule has 19 heavy (non-hydrogen) atoms. The zero-order valence-electron chi connectivity index (χ0n) is 11.9. The summed E-state index contributed by atoms with van der Waals surface area (Å²) in [7, 11) is 0. The second kappa shape index (κ2) is 5.51. The molecule has 0 bridgehead atoms. The van der Waals surface area contributed by atoms with Gasteiger partial charge in [0.05, 0.1) is 11.8 Å². The number of carbonyl (C=O) groups is 2. The van der Waals surface area contributed by atoms with Crippen molar-refractivity contribution in [1.82, 2.24) is 5.32 Å². The van der Waals surface area contributed by atoms with Crippen LogP contribution in [0.3, 0.4) is 0 Å². The van der Waals surface area contributed by atoms with Crippen molar-refractivity contribution in [3.63, 3.8) is 0 Å². The van der Waals surface area contributed by atoms with Gasteiger partial charge in [0.15, 0.2) is 0 Å². The molecule has 2 saturated carbocycles. The van der Waals surface area contributed by atoms with E-state index in [2.05, 4.69) is 12.2 Å². The lowest BCUT2D eigenvalue weighted by Crippen LogP contribution is -2.40. The molecular weight excluding hydrogens is 242 g/mol. The Balaban J connectivity index is 1.90. The highest BCUT2D eigenvalue weighted by molar-refractivity contribution is 5.85. The first-order chi connectivity index (χ1) is 8.91. The summed E-state index contributed by atoms with van der Waals surface area (Å²) in [6.45, 7) is 4.94. The van der Waals surface area contributed by atoms with Gasteiger partial charge in [-0.05, 0) is 37.0 Å². The Morgan fingerprint density at radius 1 is 1.21 bits per heavy atom. The quantitative estimate of drug-likeness (QED) is 0.822. The first-order valence-corrected chi connectivity index (χ1v) is 7.42. The monoisotopic (exact) mass is 267 g/mol. The number of carbonyl (C=O) groups excluding carboxylic acids is 1. The van der Waals surface area contributed by atoms with Gasteiger partial charge >= 0.3 is 5.97 Å². The molecule has 108 valence electrons. The largest absolute Gasteiger partial charge is 0.481 e. The van der Waals surface area contributed by atoms with Crippen LogP contribution >= 0.6 is 0 Å². The Kier molecular flexibility index (Phi) is 4.16. The smallest absolute Gasteiger partial charge is 0.307 e. The average molecular weight is 267 g/mol. The minimum Gasteiger partial charge on any atom is -0.481 e. The predicted molar refractivity (Wildman–Crippen MR) is 72.6 cm³/mol. The molecule has 2 aliphatic rings. The molecule has 2 rings (SSSR count). The van der Waals surface area contributed by atoms with Crippen LogP contribution in [0.2, 0.25) is 0 Å². The highest BCUT2D eigenvalue weighted by Crippen LogP contribution is 2.38. The molecule has 0 spiro atoms. The highest BCUT2D eigenvalue weighted by Gasteiger charge is 2.41. The highest BCUT2D eigenvalue weighted by atomic mass is 16.4. The van der Waals surface area contributed by atoms with Crippen molar-refractivity contribution in [1.29, 1.82) is 0 Å². The Morgan fingerprint density at radius 2 is 1.79 bits per heavy atom. The molecule has 4 heteroatoms. The molecule has 4 nitrogen and oxygen atoms in total. The van der Waals surface area contributed by atoms with Crippen LogP contribution in [0, 0.1) is 23.2 Å². The lowest BCUT2D eigenvalue weighted by molar-refractivity contribution is -0.146. The zero-order valence-corrected chi connectivity index (χ0v) is 11.9. The van der Waals surface area contributed by atoms with Crippen LogP contribution in [0.4, 0.5) is 0 Å². The Hall–Kier alpha value is -1.06. The lowest BCUT2D eigenvalue weighted by Gasteiger charge is -2.25. The number of hydrogen-bond acceptors (Lipinski definition) is 2. The van der Waals surface area contributed by atoms with Crippen molar-refractivity contribution < 1.29 is 14.7 Å². The van der Waals surface area contributed by atoms with Crippen LogP contribution < -0.4 is 5.32 Å². The summed E-state index contributed by atoms with van der Waals surface area (Å²) in [6.07, 6.45) is 6.15. The van der Waals surface area contributed by atoms with Gasteiger partial charge in [0.2, 0.25) is 5.91 Å². The molecule has 1 amide bonds. The number of carboxylic acids is 1. The summed E-state index contributed by atoms with van der Waals surface area (Å²) in [5.41, 5.74) is 0.221. The second-order valence-electron chi connectivity index (χ2n) is 6.86. The van der Waals surface area contributed by atoms with E-state index >= 15 is 0 Å². The molecule has 1 unspecified atom stereocenters. The van der Waals surface area contributed by atoms with Gasteiger partial charge in [-0.1, -0.05) is 26.7 Å². The van der Waals surface area contributed by atoms with E-state index in [1.165, 1.54) is 12.8 Å². The van der Waals surface area contributed by atoms with Crippen molar-refractivity contribution in [2.75, 3.05) is 6.54 Å². The van der Waals surface area contributed by atoms with E-state index in [4.69, 9.17) is 0 Å². The molecule has 0 saturated heterocycles. The van der Waals surface area contributed by atoms with E-state index in [0.29, 0.717) is 25.3 Å². The van der Waals surface area contributed by atoms with Gasteiger partial charge in [-0.2, -0.15) is 0 Å². The Bertz CT molecular complexity index is 360. The first kappa shape index (κ1) is 14.4. The second-order valence-corrected chi connectivity index (χ2v) is 6.86. The fourth-order valence-electron chi connectivity index (χ4n) is 3.69. The van der Waals surface area contributed by atoms with Gasteiger partial charge in [-0.15, -0.1) is 0 Å². The summed E-state index contributed by atoms with van der Waals surface area (Å²) in [5.74, 6) is -1.37. The molecule has 0 aliphatic heterocycles. The molecule has 0 aromatic carbocycles. The van der Waals surface area contributed by atoms with Crippen molar-refractivity contribution in [2.24, 2.45) is 23.2 Å². The molecule has 0 radical (unpaired) electrons. The van der Waals surface area contributed by atoms with Crippen LogP contribution in [-0.4, -0.2) is 23.5 Å². The van der Waals surface area contributed by atoms with Gasteiger partial charge < -0.3 is 10.4 Å². The molecular formula is C15H25NO3. The standard InChI is InChI=1S/C15H25NO3/c1-10-7-11(12(8-10)14(18)19)13(17)16-9-15(2)5-3-4-6-15/h10-12H,3-9H2,1-2H3,(H,16,17)(H,18,19)/t10?,11-,12+/m0/s1. The number of aliphatic carboxylic acids is 1. The summed E-state index contributed by atoms with van der Waals surface area (Å²) in [5, 5.41) is 12.2. The minimum absolute atomic E-state index is 0.0510. The molecule has 0 aromatic rings. The van der Waals surface area contributed by atoms with Crippen LogP contribution in [0.1, 0.15) is 52.4 Å². The molecule has 0 aromatic heterocycles. The van der Waals surface area contributed by atoms with Crippen molar-refractivity contribution in [2.45, 2.75) is 52.4 Å². The number of rotatable bonds is 4. The maximum atomic E-state index is 12.2. The van der Waals surface area contributed by atoms with E-state index < -0.39 is 11.9 Å². The average Bonchev–Trinajstić information content (AvgIpc) is 2.93. The minimum atomic E-state index is -0.823. The van der Waals surface area contributed by atoms with Gasteiger partial charge in [0.25, 0.3) is 0 Å². The van der Waals surface area contributed by atoms with Gasteiger partial charge in [0, 0.05) is 6.54 Å². The summed E-state index contributed by atoms with van der Waals surface area (Å²) >= 11 is 0. The van der Waals surface area contributed by atoms with Crippen LogP contribution in [0.25, 0.3) is 0 Å². The fraction of sp³-hybridized carbons (Fsp3) is 0.867. The molecule has 2 N–H and O–H groups in total. The molecule has 3 atom stereocenters. The lowest BCUT2D eigenvalue weighted by atomic mass is 9.88. The number of hydrogen-bond donors (Lipinski definition) is 2. The van der Waals surface area contributed by atoms with Crippen LogP contribution in [0.15, 0.2) is 0 Å². The van der Waals surface area contributed by atoms with Crippen molar-refractivity contribution in [3.05, 3.63) is 0 Å². The zero-order chi connectivity index (χ0) is 14.0. The van der Waals surface area contributed by atoms with Crippen molar-refractivity contribution in [3.8, 4) is 0 Å². The summed E-state index contributed by atoms with van der Waals surface area (Å²) in [6, 6.07) is 0. The normalized spacial score (nSPS) is 33.3. The molecule has 0 heterocycles. The Labute approximate surface area is 115 Å².